The van der Waals surface area contributed by atoms with Gasteiger partial charge in [0, 0.05) is 94.7 Å². The normalized spacial score (nSPS) is 11.4. The number of anilines is 3. The summed E-state index contributed by atoms with van der Waals surface area (Å²) in [5, 5.41) is 11.6. The summed E-state index contributed by atoms with van der Waals surface area (Å²) in [4.78, 5) is 62.9. The van der Waals surface area contributed by atoms with Crippen molar-refractivity contribution in [2.75, 3.05) is 122 Å². The molecule has 3 amide bonds. The van der Waals surface area contributed by atoms with Crippen molar-refractivity contribution in [2.45, 2.75) is 26.4 Å². The molecule has 0 aliphatic rings. The van der Waals surface area contributed by atoms with Crippen molar-refractivity contribution in [3.05, 3.63) is 107 Å². The van der Waals surface area contributed by atoms with Crippen LogP contribution < -0.4 is 15.1 Å². The number of ether oxygens (including phenoxy) is 4. The van der Waals surface area contributed by atoms with Crippen LogP contribution in [0.2, 0.25) is 0 Å². The standard InChI is InChI=1S/C47H59F3N6O9/c1-6-56(7-2)39-15-17-42(40(32-39)41-16-14-36(33-51-41)46(61)54(4)38-13-9-12-37(31-38)47(48,49)50)52-44(59)34-10-8-11-35(30-34)45(60)53(3)19-20-55(21-24-62-5)22-25-64-27-29-65-28-26-63-23-18-43(57)58/h8-17,30-33H,6-7,18-29H2,1-5H3,(H,52,59)(H,57,58). The molecule has 1 aromatic heterocycles. The first-order valence-electron chi connectivity index (χ1n) is 21.3. The third kappa shape index (κ3) is 16.2. The number of carbonyl (C=O) groups is 4. The van der Waals surface area contributed by atoms with Crippen molar-refractivity contribution >= 4 is 40.8 Å². The smallest absolute Gasteiger partial charge is 0.416 e. The molecule has 0 radical (unpaired) electrons. The maximum atomic E-state index is 13.8. The molecule has 18 heteroatoms. The summed E-state index contributed by atoms with van der Waals surface area (Å²) in [5.74, 6) is -2.20. The lowest BCUT2D eigenvalue weighted by Crippen LogP contribution is -2.39. The number of hydrogen-bond acceptors (Lipinski definition) is 11. The molecule has 3 aromatic carbocycles. The number of carbonyl (C=O) groups excluding carboxylic acids is 3. The number of amides is 3. The highest BCUT2D eigenvalue weighted by Gasteiger charge is 2.31. The van der Waals surface area contributed by atoms with E-state index in [1.54, 1.807) is 55.5 Å². The van der Waals surface area contributed by atoms with Crippen molar-refractivity contribution in [3.63, 3.8) is 0 Å². The average molecular weight is 909 g/mol. The van der Waals surface area contributed by atoms with E-state index in [9.17, 15) is 32.3 Å². The van der Waals surface area contributed by atoms with E-state index >= 15 is 0 Å². The zero-order chi connectivity index (χ0) is 47.4. The lowest BCUT2D eigenvalue weighted by Gasteiger charge is -2.25. The fourth-order valence-corrected chi connectivity index (χ4v) is 6.57. The largest absolute Gasteiger partial charge is 0.481 e. The maximum Gasteiger partial charge on any atom is 0.416 e. The monoisotopic (exact) mass is 908 g/mol. The number of rotatable bonds is 27. The van der Waals surface area contributed by atoms with Gasteiger partial charge in [-0.15, -0.1) is 0 Å². The number of carboxylic acids is 1. The van der Waals surface area contributed by atoms with Crippen molar-refractivity contribution in [1.29, 1.82) is 0 Å². The van der Waals surface area contributed by atoms with Crippen molar-refractivity contribution in [3.8, 4) is 11.3 Å². The lowest BCUT2D eigenvalue weighted by molar-refractivity contribution is -0.139. The zero-order valence-electron chi connectivity index (χ0n) is 37.6. The van der Waals surface area contributed by atoms with Gasteiger partial charge in [-0.25, -0.2) is 0 Å². The van der Waals surface area contributed by atoms with E-state index in [0.29, 0.717) is 101 Å². The maximum absolute atomic E-state index is 13.8. The number of likely N-dealkylation sites (N-methyl/N-ethyl adjacent to an activating group) is 1. The Morgan fingerprint density at radius 2 is 1.35 bits per heavy atom. The summed E-state index contributed by atoms with van der Waals surface area (Å²) < 4.78 is 61.7. The zero-order valence-corrected chi connectivity index (χ0v) is 37.6. The van der Waals surface area contributed by atoms with Gasteiger partial charge in [-0.3, -0.25) is 29.1 Å². The molecule has 4 rings (SSSR count). The Bertz CT molecular complexity index is 2150. The Hall–Kier alpha value is -5.92. The number of benzene rings is 3. The minimum atomic E-state index is -4.57. The van der Waals surface area contributed by atoms with Crippen LogP contribution in [-0.4, -0.2) is 150 Å². The fourth-order valence-electron chi connectivity index (χ4n) is 6.57. The van der Waals surface area contributed by atoms with Gasteiger partial charge in [-0.05, 0) is 80.6 Å². The number of carboxylic acid groups (broad SMARTS) is 1. The topological polar surface area (TPSA) is 163 Å². The number of nitrogens with zero attached hydrogens (tertiary/aromatic N) is 5. The number of aliphatic carboxylic acids is 1. The highest BCUT2D eigenvalue weighted by Crippen LogP contribution is 2.34. The molecular weight excluding hydrogens is 850 g/mol. The first-order chi connectivity index (χ1) is 31.2. The van der Waals surface area contributed by atoms with Gasteiger partial charge in [0.1, 0.15) is 0 Å². The van der Waals surface area contributed by atoms with Crippen LogP contribution in [0.15, 0.2) is 85.1 Å². The minimum Gasteiger partial charge on any atom is -0.481 e. The molecule has 0 aliphatic heterocycles. The Morgan fingerprint density at radius 3 is 2.00 bits per heavy atom. The molecule has 0 unspecified atom stereocenters. The summed E-state index contributed by atoms with van der Waals surface area (Å²) in [6.45, 7) is 10.1. The highest BCUT2D eigenvalue weighted by molar-refractivity contribution is 6.08. The number of alkyl halides is 3. The quantitative estimate of drug-likeness (QED) is 0.0611. The third-order valence-electron chi connectivity index (χ3n) is 10.4. The third-order valence-corrected chi connectivity index (χ3v) is 10.4. The SMILES string of the molecule is CCN(CC)c1ccc(NC(=O)c2cccc(C(=O)N(C)CCN(CCOC)CCOCCOCCOCCC(=O)O)c2)c(-c2ccc(C(=O)N(C)c3cccc(C(F)(F)F)c3)cn2)c1. The van der Waals surface area contributed by atoms with Crippen LogP contribution in [0.25, 0.3) is 11.3 Å². The predicted molar refractivity (Wildman–Crippen MR) is 242 cm³/mol. The van der Waals surface area contributed by atoms with E-state index in [0.717, 1.165) is 22.7 Å². The molecule has 0 bridgehead atoms. The number of halogens is 3. The highest BCUT2D eigenvalue weighted by atomic mass is 19.4. The summed E-state index contributed by atoms with van der Waals surface area (Å²) in [5.41, 5.74) is 2.23. The molecule has 0 saturated carbocycles. The Kier molecular flexibility index (Phi) is 20.8. The number of methoxy groups -OCH3 is 1. The number of nitrogens with one attached hydrogen (secondary N) is 1. The summed E-state index contributed by atoms with van der Waals surface area (Å²) in [6, 6.07) is 19.7. The van der Waals surface area contributed by atoms with E-state index in [2.05, 4.69) is 20.1 Å². The molecule has 0 fully saturated rings. The van der Waals surface area contributed by atoms with Crippen LogP contribution >= 0.6 is 0 Å². The molecule has 0 atom stereocenters. The van der Waals surface area contributed by atoms with Crippen LogP contribution in [0.5, 0.6) is 0 Å². The second-order valence-electron chi connectivity index (χ2n) is 14.8. The van der Waals surface area contributed by atoms with Gasteiger partial charge in [-0.2, -0.15) is 13.2 Å². The molecule has 65 heavy (non-hydrogen) atoms. The van der Waals surface area contributed by atoms with Gasteiger partial charge in [0.25, 0.3) is 17.7 Å². The molecule has 15 nitrogen and oxygen atoms in total. The van der Waals surface area contributed by atoms with Crippen LogP contribution in [0.1, 0.15) is 56.9 Å². The molecular formula is C47H59F3N6O9. The van der Waals surface area contributed by atoms with Crippen molar-refractivity contribution in [1.82, 2.24) is 14.8 Å². The predicted octanol–water partition coefficient (Wildman–Crippen LogP) is 6.69. The molecule has 352 valence electrons. The molecule has 2 N–H and O–H groups in total. The van der Waals surface area contributed by atoms with Gasteiger partial charge >= 0.3 is 12.1 Å². The van der Waals surface area contributed by atoms with Crippen LogP contribution in [0.3, 0.4) is 0 Å². The van der Waals surface area contributed by atoms with E-state index in [1.807, 2.05) is 26.0 Å². The second-order valence-corrected chi connectivity index (χ2v) is 14.8. The van der Waals surface area contributed by atoms with E-state index in [1.165, 1.54) is 31.4 Å². The summed E-state index contributed by atoms with van der Waals surface area (Å²) >= 11 is 0. The van der Waals surface area contributed by atoms with Crippen LogP contribution in [-0.2, 0) is 29.9 Å². The first kappa shape index (κ1) is 51.7. The lowest BCUT2D eigenvalue weighted by atomic mass is 10.0. The summed E-state index contributed by atoms with van der Waals surface area (Å²) in [6.07, 6.45) is -3.27. The first-order valence-corrected chi connectivity index (χ1v) is 21.3. The number of pyridine rings is 1. The van der Waals surface area contributed by atoms with Crippen molar-refractivity contribution in [2.24, 2.45) is 0 Å². The second kappa shape index (κ2) is 26.1. The van der Waals surface area contributed by atoms with Gasteiger partial charge in [0.15, 0.2) is 0 Å². The molecule has 1 heterocycles. The van der Waals surface area contributed by atoms with Gasteiger partial charge in [0.05, 0.1) is 75.2 Å². The Balaban J connectivity index is 1.40. The number of hydrogen-bond donors (Lipinski definition) is 2. The van der Waals surface area contributed by atoms with Gasteiger partial charge < -0.3 is 44.1 Å². The van der Waals surface area contributed by atoms with Crippen LogP contribution in [0.4, 0.5) is 30.2 Å². The van der Waals surface area contributed by atoms with Crippen molar-refractivity contribution < 1.29 is 56.4 Å². The molecule has 0 aliphatic carbocycles. The average Bonchev–Trinajstić information content (AvgIpc) is 3.31. The fraction of sp³-hybridized carbons (Fsp3) is 0.426. The van der Waals surface area contributed by atoms with E-state index in [-0.39, 0.29) is 35.7 Å². The molecule has 0 spiro atoms. The van der Waals surface area contributed by atoms with Gasteiger partial charge in [-0.1, -0.05) is 12.1 Å². The molecule has 4 aromatic rings. The Morgan fingerprint density at radius 1 is 0.692 bits per heavy atom. The van der Waals surface area contributed by atoms with E-state index in [4.69, 9.17) is 24.1 Å². The Labute approximate surface area is 378 Å². The minimum absolute atomic E-state index is 0.0530. The van der Waals surface area contributed by atoms with Crippen LogP contribution in [0, 0.1) is 0 Å². The van der Waals surface area contributed by atoms with Gasteiger partial charge in [0.2, 0.25) is 0 Å². The summed E-state index contributed by atoms with van der Waals surface area (Å²) in [7, 11) is 4.71. The molecule has 0 saturated heterocycles. The number of aromatic nitrogens is 1. The van der Waals surface area contributed by atoms with E-state index < -0.39 is 29.5 Å².